The van der Waals surface area contributed by atoms with Crippen LogP contribution < -0.4 is 10.6 Å². The second kappa shape index (κ2) is 11.2. The summed E-state index contributed by atoms with van der Waals surface area (Å²) in [6.07, 6.45) is 5.12. The number of ether oxygens (including phenoxy) is 1. The van der Waals surface area contributed by atoms with Crippen LogP contribution >= 0.6 is 24.0 Å². The Morgan fingerprint density at radius 2 is 2.11 bits per heavy atom. The number of halogens is 2. The van der Waals surface area contributed by atoms with Gasteiger partial charge in [0.2, 0.25) is 0 Å². The third-order valence-corrected chi connectivity index (χ3v) is 4.23. The van der Waals surface area contributed by atoms with Crippen molar-refractivity contribution < 1.29 is 9.13 Å². The summed E-state index contributed by atoms with van der Waals surface area (Å²) in [4.78, 5) is 4.60. The van der Waals surface area contributed by atoms with Crippen LogP contribution in [-0.2, 0) is 11.2 Å². The zero-order valence-corrected chi connectivity index (χ0v) is 17.9. The van der Waals surface area contributed by atoms with Gasteiger partial charge in [0.1, 0.15) is 5.82 Å². The van der Waals surface area contributed by atoms with Crippen molar-refractivity contribution >= 4 is 29.9 Å². The Morgan fingerprint density at radius 1 is 1.30 bits per heavy atom. The van der Waals surface area contributed by atoms with Gasteiger partial charge in [0.05, 0.1) is 24.0 Å². The van der Waals surface area contributed by atoms with E-state index in [1.54, 1.807) is 16.8 Å². The highest BCUT2D eigenvalue weighted by Gasteiger charge is 2.14. The van der Waals surface area contributed by atoms with Gasteiger partial charge in [-0.25, -0.2) is 9.07 Å². The molecule has 2 heterocycles. The Labute approximate surface area is 176 Å². The van der Waals surface area contributed by atoms with Gasteiger partial charge in [-0.05, 0) is 50.1 Å². The van der Waals surface area contributed by atoms with E-state index in [4.69, 9.17) is 4.74 Å². The normalized spacial score (nSPS) is 16.8. The van der Waals surface area contributed by atoms with Gasteiger partial charge in [-0.2, -0.15) is 5.10 Å². The molecule has 2 aromatic rings. The van der Waals surface area contributed by atoms with Gasteiger partial charge in [0.25, 0.3) is 0 Å². The second-order valence-electron chi connectivity index (χ2n) is 6.26. The van der Waals surface area contributed by atoms with Crippen LogP contribution in [0.15, 0.2) is 41.5 Å². The lowest BCUT2D eigenvalue weighted by atomic mass is 10.2. The van der Waals surface area contributed by atoms with Gasteiger partial charge in [-0.3, -0.25) is 4.99 Å². The number of guanidine groups is 1. The first kappa shape index (κ1) is 21.6. The average molecular weight is 487 g/mol. The quantitative estimate of drug-likeness (QED) is 0.358. The molecule has 1 aromatic heterocycles. The Balaban J connectivity index is 0.00000261. The molecule has 2 N–H and O–H groups in total. The average Bonchev–Trinajstić information content (AvgIpc) is 3.32. The molecule has 0 radical (unpaired) electrons. The number of aliphatic imine (C=N–C) groups is 1. The molecule has 0 saturated carbocycles. The van der Waals surface area contributed by atoms with E-state index in [0.717, 1.165) is 56.3 Å². The predicted molar refractivity (Wildman–Crippen MR) is 116 cm³/mol. The van der Waals surface area contributed by atoms with E-state index in [2.05, 4.69) is 20.7 Å². The van der Waals surface area contributed by atoms with Crippen LogP contribution in [0.1, 0.15) is 25.5 Å². The van der Waals surface area contributed by atoms with Crippen molar-refractivity contribution in [3.05, 3.63) is 48.0 Å². The first-order chi connectivity index (χ1) is 12.7. The molecule has 1 fully saturated rings. The summed E-state index contributed by atoms with van der Waals surface area (Å²) >= 11 is 0. The lowest BCUT2D eigenvalue weighted by molar-refractivity contribution is 0.117. The number of aromatic nitrogens is 2. The SMILES string of the molecule is CCNC(=NCC1CCCO1)NCCc1ccn(-c2ccc(F)cc2)n1.I. The van der Waals surface area contributed by atoms with Crippen LogP contribution in [0.5, 0.6) is 0 Å². The molecule has 0 bridgehead atoms. The highest BCUT2D eigenvalue weighted by Crippen LogP contribution is 2.12. The van der Waals surface area contributed by atoms with Crippen LogP contribution in [0, 0.1) is 5.82 Å². The van der Waals surface area contributed by atoms with Crippen molar-refractivity contribution in [2.45, 2.75) is 32.3 Å². The molecule has 1 unspecified atom stereocenters. The van der Waals surface area contributed by atoms with E-state index in [1.807, 2.05) is 19.2 Å². The first-order valence-electron chi connectivity index (χ1n) is 9.19. The fraction of sp³-hybridized carbons (Fsp3) is 0.474. The number of hydrogen-bond acceptors (Lipinski definition) is 3. The number of rotatable bonds is 7. The molecule has 1 aliphatic rings. The highest BCUT2D eigenvalue weighted by molar-refractivity contribution is 14.0. The molecule has 27 heavy (non-hydrogen) atoms. The zero-order chi connectivity index (χ0) is 18.2. The van der Waals surface area contributed by atoms with Crippen molar-refractivity contribution in [3.63, 3.8) is 0 Å². The van der Waals surface area contributed by atoms with Gasteiger partial charge in [-0.1, -0.05) is 0 Å². The summed E-state index contributed by atoms with van der Waals surface area (Å²) in [5.41, 5.74) is 1.81. The summed E-state index contributed by atoms with van der Waals surface area (Å²) in [5, 5.41) is 11.1. The van der Waals surface area contributed by atoms with Crippen LogP contribution in [0.3, 0.4) is 0 Å². The highest BCUT2D eigenvalue weighted by atomic mass is 127. The number of nitrogens with one attached hydrogen (secondary N) is 2. The molecule has 1 aromatic carbocycles. The van der Waals surface area contributed by atoms with Crippen molar-refractivity contribution in [3.8, 4) is 5.69 Å². The number of benzene rings is 1. The van der Waals surface area contributed by atoms with Crippen molar-refractivity contribution in [1.82, 2.24) is 20.4 Å². The van der Waals surface area contributed by atoms with Gasteiger partial charge in [-0.15, -0.1) is 24.0 Å². The molecule has 0 amide bonds. The molecule has 6 nitrogen and oxygen atoms in total. The topological polar surface area (TPSA) is 63.5 Å². The lowest BCUT2D eigenvalue weighted by Gasteiger charge is -2.12. The fourth-order valence-electron chi connectivity index (χ4n) is 2.86. The molecule has 1 aliphatic heterocycles. The fourth-order valence-corrected chi connectivity index (χ4v) is 2.86. The van der Waals surface area contributed by atoms with E-state index in [0.29, 0.717) is 6.54 Å². The van der Waals surface area contributed by atoms with E-state index >= 15 is 0 Å². The van der Waals surface area contributed by atoms with E-state index in [1.165, 1.54) is 12.1 Å². The third-order valence-electron chi connectivity index (χ3n) is 4.23. The zero-order valence-electron chi connectivity index (χ0n) is 15.5. The molecule has 0 aliphatic carbocycles. The molecule has 3 rings (SSSR count). The van der Waals surface area contributed by atoms with Crippen molar-refractivity contribution in [2.75, 3.05) is 26.2 Å². The molecular formula is C19H27FIN5O. The minimum Gasteiger partial charge on any atom is -0.376 e. The Bertz CT molecular complexity index is 713. The standard InChI is InChI=1S/C19H26FN5O.HI/c1-2-21-19(23-14-18-4-3-13-26-18)22-11-9-16-10-12-25(24-16)17-7-5-15(20)6-8-17;/h5-8,10,12,18H,2-4,9,11,13-14H2,1H3,(H2,21,22,23);1H. The maximum absolute atomic E-state index is 13.0. The summed E-state index contributed by atoms with van der Waals surface area (Å²) in [6, 6.07) is 8.27. The van der Waals surface area contributed by atoms with Crippen LogP contribution in [-0.4, -0.2) is 48.1 Å². The monoisotopic (exact) mass is 487 g/mol. The smallest absolute Gasteiger partial charge is 0.191 e. The first-order valence-corrected chi connectivity index (χ1v) is 9.19. The molecule has 148 valence electrons. The largest absolute Gasteiger partial charge is 0.376 e. The summed E-state index contributed by atoms with van der Waals surface area (Å²) in [5.74, 6) is 0.560. The molecule has 8 heteroatoms. The lowest BCUT2D eigenvalue weighted by Crippen LogP contribution is -2.39. The van der Waals surface area contributed by atoms with Gasteiger partial charge >= 0.3 is 0 Å². The molecule has 1 saturated heterocycles. The van der Waals surface area contributed by atoms with Gasteiger partial charge < -0.3 is 15.4 Å². The van der Waals surface area contributed by atoms with Crippen molar-refractivity contribution in [1.29, 1.82) is 0 Å². The molecular weight excluding hydrogens is 460 g/mol. The maximum atomic E-state index is 13.0. The second-order valence-corrected chi connectivity index (χ2v) is 6.26. The summed E-state index contributed by atoms with van der Waals surface area (Å²) < 4.78 is 20.4. The molecule has 1 atom stereocenters. The van der Waals surface area contributed by atoms with E-state index in [-0.39, 0.29) is 35.9 Å². The Kier molecular flexibility index (Phi) is 8.99. The molecule has 0 spiro atoms. The predicted octanol–water partition coefficient (Wildman–Crippen LogP) is 2.91. The minimum absolute atomic E-state index is 0. The number of hydrogen-bond donors (Lipinski definition) is 2. The van der Waals surface area contributed by atoms with Crippen LogP contribution in [0.4, 0.5) is 4.39 Å². The summed E-state index contributed by atoms with van der Waals surface area (Å²) in [6.45, 7) is 5.14. The van der Waals surface area contributed by atoms with Crippen LogP contribution in [0.25, 0.3) is 5.69 Å². The van der Waals surface area contributed by atoms with Crippen LogP contribution in [0.2, 0.25) is 0 Å². The van der Waals surface area contributed by atoms with E-state index < -0.39 is 0 Å². The Morgan fingerprint density at radius 3 is 2.81 bits per heavy atom. The number of nitrogens with zero attached hydrogens (tertiary/aromatic N) is 3. The van der Waals surface area contributed by atoms with E-state index in [9.17, 15) is 4.39 Å². The minimum atomic E-state index is -0.247. The van der Waals surface area contributed by atoms with Gasteiger partial charge in [0, 0.05) is 32.3 Å². The third kappa shape index (κ3) is 6.76. The maximum Gasteiger partial charge on any atom is 0.191 e. The Hall–Kier alpha value is -1.68. The summed E-state index contributed by atoms with van der Waals surface area (Å²) in [7, 11) is 0. The van der Waals surface area contributed by atoms with Crippen molar-refractivity contribution in [2.24, 2.45) is 4.99 Å². The van der Waals surface area contributed by atoms with Gasteiger partial charge in [0.15, 0.2) is 5.96 Å².